The Labute approximate surface area is 201 Å². The van der Waals surface area contributed by atoms with E-state index >= 15 is 0 Å². The number of ether oxygens (including phenoxy) is 2. The van der Waals surface area contributed by atoms with Crippen LogP contribution in [0.2, 0.25) is 0 Å². The van der Waals surface area contributed by atoms with Crippen LogP contribution in [0.15, 0.2) is 72.8 Å². The van der Waals surface area contributed by atoms with Crippen LogP contribution in [0.4, 0.5) is 30.7 Å². The van der Waals surface area contributed by atoms with Crippen molar-refractivity contribution in [2.45, 2.75) is 19.6 Å². The first-order valence-corrected chi connectivity index (χ1v) is 10.5. The molecule has 0 aliphatic rings. The lowest BCUT2D eigenvalue weighted by atomic mass is 10.0. The molecule has 4 aromatic carbocycles. The number of aryl methyl sites for hydroxylation is 1. The van der Waals surface area contributed by atoms with Gasteiger partial charge in [0.05, 0.1) is 5.56 Å². The molecule has 0 bridgehead atoms. The molecule has 0 aromatic heterocycles. The second-order valence-electron chi connectivity index (χ2n) is 7.91. The maximum absolute atomic E-state index is 14.5. The maximum Gasteiger partial charge on any atom is 0.426 e. The van der Waals surface area contributed by atoms with Gasteiger partial charge < -0.3 is 9.47 Å². The van der Waals surface area contributed by atoms with Gasteiger partial charge >= 0.3 is 6.11 Å². The molecule has 0 heterocycles. The molecule has 0 saturated heterocycles. The van der Waals surface area contributed by atoms with Crippen LogP contribution in [0, 0.1) is 36.0 Å². The molecule has 0 unspecified atom stereocenters. The summed E-state index contributed by atoms with van der Waals surface area (Å²) in [7, 11) is 0. The van der Waals surface area contributed by atoms with Crippen molar-refractivity contribution in [3.63, 3.8) is 0 Å². The van der Waals surface area contributed by atoms with Gasteiger partial charge in [0.15, 0.2) is 29.0 Å². The fourth-order valence-electron chi connectivity index (χ4n) is 3.33. The van der Waals surface area contributed by atoms with E-state index in [0.717, 1.165) is 42.0 Å². The van der Waals surface area contributed by atoms with E-state index in [1.165, 1.54) is 36.4 Å². The number of halogens is 7. The number of benzene rings is 4. The molecular weight excluding hydrogens is 489 g/mol. The highest BCUT2D eigenvalue weighted by Gasteiger charge is 2.36. The molecule has 0 radical (unpaired) electrons. The van der Waals surface area contributed by atoms with Gasteiger partial charge in [-0.1, -0.05) is 42.0 Å². The molecule has 9 heteroatoms. The van der Waals surface area contributed by atoms with Gasteiger partial charge in [-0.2, -0.15) is 17.6 Å². The predicted octanol–water partition coefficient (Wildman–Crippen LogP) is 8.06. The molecule has 4 rings (SSSR count). The van der Waals surface area contributed by atoms with Crippen molar-refractivity contribution < 1.29 is 40.2 Å². The van der Waals surface area contributed by atoms with Crippen LogP contribution in [0.5, 0.6) is 11.5 Å². The summed E-state index contributed by atoms with van der Waals surface area (Å²) >= 11 is 0. The first kappa shape index (κ1) is 25.1. The van der Waals surface area contributed by atoms with Crippen LogP contribution in [0.3, 0.4) is 0 Å². The lowest BCUT2D eigenvalue weighted by molar-refractivity contribution is -0.187. The molecule has 0 atom stereocenters. The van der Waals surface area contributed by atoms with Gasteiger partial charge in [0, 0.05) is 0 Å². The van der Waals surface area contributed by atoms with Crippen LogP contribution >= 0.6 is 0 Å². The molecule has 0 aliphatic carbocycles. The van der Waals surface area contributed by atoms with Crippen LogP contribution in [0.1, 0.15) is 16.7 Å². The topological polar surface area (TPSA) is 18.5 Å². The predicted molar refractivity (Wildman–Crippen MR) is 118 cm³/mol. The molecule has 0 spiro atoms. The fourth-order valence-corrected chi connectivity index (χ4v) is 3.33. The Bertz CT molecular complexity index is 1360. The summed E-state index contributed by atoms with van der Waals surface area (Å²) in [4.78, 5) is 0. The molecule has 186 valence electrons. The van der Waals surface area contributed by atoms with E-state index in [1.54, 1.807) is 6.92 Å². The van der Waals surface area contributed by atoms with Crippen LogP contribution in [0.25, 0.3) is 11.1 Å². The summed E-state index contributed by atoms with van der Waals surface area (Å²) in [5.41, 5.74) is 1.17. The lowest BCUT2D eigenvalue weighted by Gasteiger charge is -2.19. The Morgan fingerprint density at radius 2 is 1.19 bits per heavy atom. The van der Waals surface area contributed by atoms with Gasteiger partial charge in [-0.3, -0.25) is 0 Å². The number of hydrogen-bond acceptors (Lipinski definition) is 2. The van der Waals surface area contributed by atoms with E-state index < -0.39 is 52.3 Å². The Morgan fingerprint density at radius 3 is 1.81 bits per heavy atom. The van der Waals surface area contributed by atoms with Gasteiger partial charge in [-0.05, 0) is 60.0 Å². The molecule has 4 aromatic rings. The highest BCUT2D eigenvalue weighted by Crippen LogP contribution is 2.36. The van der Waals surface area contributed by atoms with Crippen molar-refractivity contribution in [1.29, 1.82) is 0 Å². The van der Waals surface area contributed by atoms with Gasteiger partial charge in [-0.25, -0.2) is 13.2 Å². The molecule has 36 heavy (non-hydrogen) atoms. The average Bonchev–Trinajstić information content (AvgIpc) is 2.85. The third-order valence-electron chi connectivity index (χ3n) is 5.30. The zero-order valence-electron chi connectivity index (χ0n) is 18.6. The Hall–Kier alpha value is -4.01. The summed E-state index contributed by atoms with van der Waals surface area (Å²) < 4.78 is 107. The summed E-state index contributed by atoms with van der Waals surface area (Å²) in [6.45, 7) is 1.47. The minimum absolute atomic E-state index is 0.102. The van der Waals surface area contributed by atoms with Crippen molar-refractivity contribution in [3.8, 4) is 22.6 Å². The van der Waals surface area contributed by atoms with E-state index in [0.29, 0.717) is 11.1 Å². The third-order valence-corrected chi connectivity index (χ3v) is 5.30. The second kappa shape index (κ2) is 9.93. The van der Waals surface area contributed by atoms with Gasteiger partial charge in [0.25, 0.3) is 0 Å². The molecule has 0 aliphatic heterocycles. The molecule has 0 saturated carbocycles. The van der Waals surface area contributed by atoms with Crippen LogP contribution in [-0.4, -0.2) is 0 Å². The highest BCUT2D eigenvalue weighted by atomic mass is 19.3. The largest absolute Gasteiger partial charge is 0.486 e. The number of alkyl halides is 2. The van der Waals surface area contributed by atoms with E-state index in [-0.39, 0.29) is 12.2 Å². The Kier molecular flexibility index (Phi) is 6.92. The summed E-state index contributed by atoms with van der Waals surface area (Å²) in [5, 5.41) is 0. The molecule has 0 N–H and O–H groups in total. The van der Waals surface area contributed by atoms with Gasteiger partial charge in [-0.15, -0.1) is 0 Å². The summed E-state index contributed by atoms with van der Waals surface area (Å²) in [5.74, 6) is -8.93. The van der Waals surface area contributed by atoms with Gasteiger partial charge in [0.2, 0.25) is 11.6 Å². The lowest BCUT2D eigenvalue weighted by Crippen LogP contribution is -2.22. The quantitative estimate of drug-likeness (QED) is 0.186. The van der Waals surface area contributed by atoms with Crippen LogP contribution in [-0.2, 0) is 12.7 Å². The Balaban J connectivity index is 1.45. The number of hydrogen-bond donors (Lipinski definition) is 0. The SMILES string of the molecule is Cc1ccc(C(F)(F)Oc2ccc(OCc3ccc(-c4cc(F)c(F)c(F)c4)cc3)c(F)c2F)cc1. The van der Waals surface area contributed by atoms with Gasteiger partial charge in [0.1, 0.15) is 6.61 Å². The third kappa shape index (κ3) is 5.30. The summed E-state index contributed by atoms with van der Waals surface area (Å²) in [6, 6.07) is 14.5. The maximum atomic E-state index is 14.5. The average molecular weight is 506 g/mol. The molecular formula is C27H17F7O2. The van der Waals surface area contributed by atoms with E-state index in [1.807, 2.05) is 0 Å². The number of rotatable bonds is 7. The minimum atomic E-state index is -3.90. The van der Waals surface area contributed by atoms with E-state index in [9.17, 15) is 30.7 Å². The normalized spacial score (nSPS) is 11.4. The van der Waals surface area contributed by atoms with Crippen molar-refractivity contribution in [2.24, 2.45) is 0 Å². The van der Waals surface area contributed by atoms with Crippen molar-refractivity contribution in [1.82, 2.24) is 0 Å². The first-order valence-electron chi connectivity index (χ1n) is 10.5. The zero-order valence-corrected chi connectivity index (χ0v) is 18.6. The van der Waals surface area contributed by atoms with E-state index in [2.05, 4.69) is 4.74 Å². The molecule has 0 amide bonds. The smallest absolute Gasteiger partial charge is 0.426 e. The van der Waals surface area contributed by atoms with Crippen molar-refractivity contribution in [2.75, 3.05) is 0 Å². The van der Waals surface area contributed by atoms with Crippen molar-refractivity contribution in [3.05, 3.63) is 119 Å². The highest BCUT2D eigenvalue weighted by molar-refractivity contribution is 5.63. The summed E-state index contributed by atoms with van der Waals surface area (Å²) in [6.07, 6.45) is -3.90. The second-order valence-corrected chi connectivity index (χ2v) is 7.91. The molecule has 2 nitrogen and oxygen atoms in total. The first-order chi connectivity index (χ1) is 17.0. The van der Waals surface area contributed by atoms with E-state index in [4.69, 9.17) is 4.74 Å². The Morgan fingerprint density at radius 1 is 0.639 bits per heavy atom. The molecule has 0 fully saturated rings. The fraction of sp³-hybridized carbons (Fsp3) is 0.111. The standard InChI is InChI=1S/C27H17F7O2/c1-15-2-8-19(9-3-15)27(33,34)36-23-11-10-22(25(31)26(23)32)35-14-16-4-6-17(7-5-16)18-12-20(28)24(30)21(29)13-18/h2-13H,14H2,1H3. The monoisotopic (exact) mass is 506 g/mol. The zero-order chi connectivity index (χ0) is 26.0. The van der Waals surface area contributed by atoms with Crippen molar-refractivity contribution >= 4 is 0 Å². The van der Waals surface area contributed by atoms with Crippen LogP contribution < -0.4 is 9.47 Å². The minimum Gasteiger partial charge on any atom is -0.486 e.